The van der Waals surface area contributed by atoms with E-state index in [1.807, 2.05) is 12.1 Å². The van der Waals surface area contributed by atoms with Gasteiger partial charge in [-0.3, -0.25) is 0 Å². The molecule has 1 aliphatic rings. The first-order chi connectivity index (χ1) is 14.7. The summed E-state index contributed by atoms with van der Waals surface area (Å²) in [6.45, 7) is 2.17. The molecule has 0 aromatic heterocycles. The lowest BCUT2D eigenvalue weighted by Crippen LogP contribution is -2.14. The maximum absolute atomic E-state index is 5.97. The SMILES string of the molecule is Cc1ccc([C@H]2CC[C@H](CCc3ccc(CCc4ccc(Cl)cc4)cc3)CC2)cc1. The first-order valence-corrected chi connectivity index (χ1v) is 11.9. The third kappa shape index (κ3) is 5.99. The lowest BCUT2D eigenvalue weighted by atomic mass is 9.77. The molecule has 3 aromatic rings. The second-order valence-corrected chi connectivity index (χ2v) is 9.55. The molecule has 0 atom stereocenters. The molecule has 3 aromatic carbocycles. The maximum Gasteiger partial charge on any atom is 0.0406 e. The van der Waals surface area contributed by atoms with Crippen LogP contribution in [0.1, 0.15) is 65.8 Å². The average molecular weight is 417 g/mol. The Morgan fingerprint density at radius 2 is 1.13 bits per heavy atom. The highest BCUT2D eigenvalue weighted by Crippen LogP contribution is 2.37. The van der Waals surface area contributed by atoms with E-state index in [1.54, 1.807) is 5.56 Å². The molecule has 0 amide bonds. The molecular weight excluding hydrogens is 384 g/mol. The van der Waals surface area contributed by atoms with E-state index in [-0.39, 0.29) is 0 Å². The lowest BCUT2D eigenvalue weighted by Gasteiger charge is -2.29. The number of halogens is 1. The second-order valence-electron chi connectivity index (χ2n) is 9.11. The maximum atomic E-state index is 5.97. The smallest absolute Gasteiger partial charge is 0.0406 e. The van der Waals surface area contributed by atoms with Gasteiger partial charge in [-0.2, -0.15) is 0 Å². The summed E-state index contributed by atoms with van der Waals surface area (Å²) in [4.78, 5) is 0. The van der Waals surface area contributed by atoms with Crippen LogP contribution in [0.15, 0.2) is 72.8 Å². The fraction of sp³-hybridized carbons (Fsp3) is 0.379. The van der Waals surface area contributed by atoms with Gasteiger partial charge in [0.25, 0.3) is 0 Å². The predicted molar refractivity (Wildman–Crippen MR) is 130 cm³/mol. The molecular formula is C29H33Cl. The Bertz CT molecular complexity index is 898. The van der Waals surface area contributed by atoms with Crippen LogP contribution in [0, 0.1) is 12.8 Å². The Morgan fingerprint density at radius 1 is 0.633 bits per heavy atom. The molecule has 1 aliphatic carbocycles. The van der Waals surface area contributed by atoms with Gasteiger partial charge in [-0.1, -0.05) is 77.8 Å². The summed E-state index contributed by atoms with van der Waals surface area (Å²) in [6, 6.07) is 26.8. The van der Waals surface area contributed by atoms with E-state index in [9.17, 15) is 0 Å². The first-order valence-electron chi connectivity index (χ1n) is 11.5. The van der Waals surface area contributed by atoms with Gasteiger partial charge in [0, 0.05) is 5.02 Å². The summed E-state index contributed by atoms with van der Waals surface area (Å²) in [7, 11) is 0. The minimum Gasteiger partial charge on any atom is -0.0843 e. The Labute approximate surface area is 187 Å². The molecule has 0 spiro atoms. The fourth-order valence-electron chi connectivity index (χ4n) is 4.81. The summed E-state index contributed by atoms with van der Waals surface area (Å²) in [6.07, 6.45) is 10.2. The molecule has 0 bridgehead atoms. The highest BCUT2D eigenvalue weighted by atomic mass is 35.5. The predicted octanol–water partition coefficient (Wildman–Crippen LogP) is 8.34. The normalized spacial score (nSPS) is 19.0. The van der Waals surface area contributed by atoms with E-state index < -0.39 is 0 Å². The monoisotopic (exact) mass is 416 g/mol. The van der Waals surface area contributed by atoms with Gasteiger partial charge in [0.15, 0.2) is 0 Å². The Hall–Kier alpha value is -2.05. The molecule has 0 nitrogen and oxygen atoms in total. The van der Waals surface area contributed by atoms with Crippen molar-refractivity contribution in [3.63, 3.8) is 0 Å². The van der Waals surface area contributed by atoms with Crippen LogP contribution in [-0.2, 0) is 19.3 Å². The van der Waals surface area contributed by atoms with Gasteiger partial charge in [-0.25, -0.2) is 0 Å². The van der Waals surface area contributed by atoms with Crippen LogP contribution in [0.25, 0.3) is 0 Å². The highest BCUT2D eigenvalue weighted by Gasteiger charge is 2.22. The van der Waals surface area contributed by atoms with E-state index in [0.29, 0.717) is 0 Å². The second kappa shape index (κ2) is 10.3. The third-order valence-electron chi connectivity index (χ3n) is 6.88. The average Bonchev–Trinajstić information content (AvgIpc) is 2.79. The standard InChI is InChI=1S/C29H33Cl/c1-22-2-16-27(17-3-22)28-18-12-25(13-19-28)10-8-23-4-6-24(7-5-23)9-11-26-14-20-29(30)21-15-26/h2-7,14-17,20-21,25,28H,8-13,18-19H2,1H3/t25-,28-. The van der Waals surface area contributed by atoms with Crippen molar-refractivity contribution in [3.8, 4) is 0 Å². The van der Waals surface area contributed by atoms with Crippen LogP contribution in [0.4, 0.5) is 0 Å². The molecule has 0 heterocycles. The summed E-state index contributed by atoms with van der Waals surface area (Å²) in [5.41, 5.74) is 7.18. The minimum atomic E-state index is 0.779. The zero-order valence-corrected chi connectivity index (χ0v) is 18.9. The zero-order chi connectivity index (χ0) is 20.8. The molecule has 0 N–H and O–H groups in total. The highest BCUT2D eigenvalue weighted by molar-refractivity contribution is 6.30. The molecule has 1 saturated carbocycles. The van der Waals surface area contributed by atoms with Crippen molar-refractivity contribution in [2.75, 3.05) is 0 Å². The summed E-state index contributed by atoms with van der Waals surface area (Å²) in [5.74, 6) is 1.68. The molecule has 0 radical (unpaired) electrons. The molecule has 30 heavy (non-hydrogen) atoms. The molecule has 0 aliphatic heterocycles. The number of benzene rings is 3. The van der Waals surface area contributed by atoms with Crippen molar-refractivity contribution >= 4 is 11.6 Å². The Morgan fingerprint density at radius 3 is 1.70 bits per heavy atom. The number of hydrogen-bond donors (Lipinski definition) is 0. The van der Waals surface area contributed by atoms with Crippen LogP contribution in [-0.4, -0.2) is 0 Å². The van der Waals surface area contributed by atoms with Crippen LogP contribution in [0.3, 0.4) is 0 Å². The van der Waals surface area contributed by atoms with Crippen LogP contribution >= 0.6 is 11.6 Å². The molecule has 1 heteroatoms. The summed E-state index contributed by atoms with van der Waals surface area (Å²) in [5, 5.41) is 0.812. The van der Waals surface area contributed by atoms with Gasteiger partial charge in [0.2, 0.25) is 0 Å². The van der Waals surface area contributed by atoms with Gasteiger partial charge in [0.1, 0.15) is 0 Å². The van der Waals surface area contributed by atoms with E-state index in [0.717, 1.165) is 29.7 Å². The van der Waals surface area contributed by atoms with Crippen molar-refractivity contribution in [2.45, 2.75) is 64.2 Å². The number of rotatable bonds is 7. The number of hydrogen-bond acceptors (Lipinski definition) is 0. The van der Waals surface area contributed by atoms with Gasteiger partial charge in [-0.05, 0) is 105 Å². The molecule has 4 rings (SSSR count). The molecule has 0 unspecified atom stereocenters. The first kappa shape index (κ1) is 21.2. The van der Waals surface area contributed by atoms with Gasteiger partial charge in [-0.15, -0.1) is 0 Å². The molecule has 0 saturated heterocycles. The van der Waals surface area contributed by atoms with Gasteiger partial charge >= 0.3 is 0 Å². The van der Waals surface area contributed by atoms with Crippen molar-refractivity contribution in [2.24, 2.45) is 5.92 Å². The van der Waals surface area contributed by atoms with Crippen molar-refractivity contribution in [1.82, 2.24) is 0 Å². The lowest BCUT2D eigenvalue weighted by molar-refractivity contribution is 0.310. The van der Waals surface area contributed by atoms with Crippen molar-refractivity contribution in [3.05, 3.63) is 106 Å². The largest absolute Gasteiger partial charge is 0.0843 e. The fourth-order valence-corrected chi connectivity index (χ4v) is 4.93. The molecule has 156 valence electrons. The van der Waals surface area contributed by atoms with Gasteiger partial charge in [0.05, 0.1) is 0 Å². The van der Waals surface area contributed by atoms with E-state index in [1.165, 1.54) is 60.8 Å². The van der Waals surface area contributed by atoms with Crippen molar-refractivity contribution in [1.29, 1.82) is 0 Å². The van der Waals surface area contributed by atoms with Crippen LogP contribution < -0.4 is 0 Å². The Balaban J connectivity index is 1.20. The van der Waals surface area contributed by atoms with E-state index in [2.05, 4.69) is 67.6 Å². The zero-order valence-electron chi connectivity index (χ0n) is 18.1. The topological polar surface area (TPSA) is 0 Å². The Kier molecular flexibility index (Phi) is 7.28. The van der Waals surface area contributed by atoms with Crippen LogP contribution in [0.5, 0.6) is 0 Å². The number of aryl methyl sites for hydroxylation is 4. The van der Waals surface area contributed by atoms with E-state index in [4.69, 9.17) is 11.6 Å². The minimum absolute atomic E-state index is 0.779. The van der Waals surface area contributed by atoms with E-state index >= 15 is 0 Å². The van der Waals surface area contributed by atoms with Crippen LogP contribution in [0.2, 0.25) is 5.02 Å². The quantitative estimate of drug-likeness (QED) is 0.363. The van der Waals surface area contributed by atoms with Crippen molar-refractivity contribution < 1.29 is 0 Å². The molecule has 1 fully saturated rings. The summed E-state index contributed by atoms with van der Waals surface area (Å²) < 4.78 is 0. The summed E-state index contributed by atoms with van der Waals surface area (Å²) >= 11 is 5.97. The third-order valence-corrected chi connectivity index (χ3v) is 7.13. The van der Waals surface area contributed by atoms with Gasteiger partial charge < -0.3 is 0 Å².